The van der Waals surface area contributed by atoms with Crippen LogP contribution in [0.15, 0.2) is 66.7 Å². The number of allylic oxidation sites excluding steroid dienone is 2. The first-order valence-corrected chi connectivity index (χ1v) is 6.61. The second kappa shape index (κ2) is 4.76. The Bertz CT molecular complexity index is 483. The molecule has 0 fully saturated rings. The van der Waals surface area contributed by atoms with Gasteiger partial charge in [0.25, 0.3) is 0 Å². The van der Waals surface area contributed by atoms with Gasteiger partial charge in [0.1, 0.15) is 0 Å². The molecule has 0 aromatic heterocycles. The van der Waals surface area contributed by atoms with Crippen molar-refractivity contribution in [1.29, 1.82) is 0 Å². The first-order chi connectivity index (χ1) is 8.92. The number of hydrogen-bond acceptors (Lipinski definition) is 0. The standard InChI is InChI=1S/C18H17/c1-4-10-16(11-5-1)18(14-8-3-9-15-18)17-12-6-2-7-13-17/h1-2,4-7,10-13,15H,3,8,14H2/q+1. The summed E-state index contributed by atoms with van der Waals surface area (Å²) in [5, 5.41) is 0. The molecule has 0 bridgehead atoms. The summed E-state index contributed by atoms with van der Waals surface area (Å²) in [7, 11) is 0. The molecule has 0 heterocycles. The fraction of sp³-hybridized carbons (Fsp3) is 0.222. The molecule has 3 rings (SSSR count). The van der Waals surface area contributed by atoms with Gasteiger partial charge in [-0.3, -0.25) is 0 Å². The summed E-state index contributed by atoms with van der Waals surface area (Å²) in [5.41, 5.74) is 2.78. The van der Waals surface area contributed by atoms with Crippen LogP contribution in [0.5, 0.6) is 0 Å². The average Bonchev–Trinajstić information content (AvgIpc) is 2.50. The molecule has 1 aliphatic carbocycles. The van der Waals surface area contributed by atoms with Crippen LogP contribution >= 0.6 is 0 Å². The highest BCUT2D eigenvalue weighted by Gasteiger charge is 2.38. The van der Waals surface area contributed by atoms with E-state index >= 15 is 0 Å². The summed E-state index contributed by atoms with van der Waals surface area (Å²) in [6, 6.07) is 21.6. The van der Waals surface area contributed by atoms with E-state index in [1.807, 2.05) is 0 Å². The zero-order valence-corrected chi connectivity index (χ0v) is 10.5. The monoisotopic (exact) mass is 233 g/mol. The molecular formula is C18H17+. The maximum atomic E-state index is 3.45. The fourth-order valence-corrected chi connectivity index (χ4v) is 2.88. The van der Waals surface area contributed by atoms with E-state index in [9.17, 15) is 0 Å². The molecule has 0 heteroatoms. The molecule has 0 saturated heterocycles. The second-order valence-corrected chi connectivity index (χ2v) is 4.91. The molecule has 2 aromatic rings. The van der Waals surface area contributed by atoms with Crippen LogP contribution in [-0.4, -0.2) is 0 Å². The van der Waals surface area contributed by atoms with E-state index in [1.54, 1.807) is 0 Å². The summed E-state index contributed by atoms with van der Waals surface area (Å²) < 4.78 is 0. The quantitative estimate of drug-likeness (QED) is 0.669. The minimum atomic E-state index is 0.0285. The first kappa shape index (κ1) is 11.2. The van der Waals surface area contributed by atoms with E-state index < -0.39 is 0 Å². The van der Waals surface area contributed by atoms with E-state index in [1.165, 1.54) is 24.0 Å². The van der Waals surface area contributed by atoms with Crippen LogP contribution in [0.1, 0.15) is 30.4 Å². The summed E-state index contributed by atoms with van der Waals surface area (Å²) in [6.45, 7) is 0. The number of benzene rings is 2. The van der Waals surface area contributed by atoms with Crippen LogP contribution in [0, 0.1) is 6.08 Å². The van der Waals surface area contributed by atoms with E-state index in [-0.39, 0.29) is 5.41 Å². The third-order valence-electron chi connectivity index (χ3n) is 3.82. The molecule has 0 atom stereocenters. The predicted octanol–water partition coefficient (Wildman–Crippen LogP) is 4.52. The molecule has 18 heavy (non-hydrogen) atoms. The van der Waals surface area contributed by atoms with E-state index in [0.717, 1.165) is 6.42 Å². The maximum Gasteiger partial charge on any atom is 0.219 e. The molecule has 0 N–H and O–H groups in total. The molecule has 0 aliphatic heterocycles. The van der Waals surface area contributed by atoms with Crippen molar-refractivity contribution in [2.75, 3.05) is 0 Å². The van der Waals surface area contributed by atoms with Gasteiger partial charge >= 0.3 is 0 Å². The summed E-state index contributed by atoms with van der Waals surface area (Å²) >= 11 is 0. The maximum absolute atomic E-state index is 3.45. The van der Waals surface area contributed by atoms with E-state index in [4.69, 9.17) is 0 Å². The number of hydrogen-bond donors (Lipinski definition) is 0. The highest BCUT2D eigenvalue weighted by atomic mass is 14.3. The van der Waals surface area contributed by atoms with Crippen LogP contribution < -0.4 is 0 Å². The molecule has 1 aliphatic rings. The van der Waals surface area contributed by atoms with Gasteiger partial charge in [-0.1, -0.05) is 60.7 Å². The van der Waals surface area contributed by atoms with E-state index in [2.05, 4.69) is 72.8 Å². The van der Waals surface area contributed by atoms with Gasteiger partial charge in [-0.15, -0.1) is 0 Å². The van der Waals surface area contributed by atoms with Gasteiger partial charge in [-0.05, 0) is 24.0 Å². The van der Waals surface area contributed by atoms with Crippen molar-refractivity contribution in [2.24, 2.45) is 0 Å². The Hall–Kier alpha value is -1.91. The Morgan fingerprint density at radius 1 is 0.778 bits per heavy atom. The molecule has 0 saturated carbocycles. The highest BCUT2D eigenvalue weighted by Crippen LogP contribution is 2.40. The third kappa shape index (κ3) is 1.85. The Kier molecular flexibility index (Phi) is 2.96. The molecule has 0 spiro atoms. The van der Waals surface area contributed by atoms with Crippen LogP contribution in [-0.2, 0) is 5.41 Å². The lowest BCUT2D eigenvalue weighted by molar-refractivity contribution is 0.524. The zero-order valence-electron chi connectivity index (χ0n) is 10.5. The van der Waals surface area contributed by atoms with Gasteiger partial charge in [0.2, 0.25) is 6.08 Å². The summed E-state index contributed by atoms with van der Waals surface area (Å²) in [5.74, 6) is 0. The first-order valence-electron chi connectivity index (χ1n) is 6.61. The predicted molar refractivity (Wildman–Crippen MR) is 75.3 cm³/mol. The highest BCUT2D eigenvalue weighted by molar-refractivity contribution is 5.44. The van der Waals surface area contributed by atoms with Gasteiger partial charge < -0.3 is 0 Å². The van der Waals surface area contributed by atoms with Crippen molar-refractivity contribution < 1.29 is 0 Å². The molecule has 0 unspecified atom stereocenters. The summed E-state index contributed by atoms with van der Waals surface area (Å²) in [4.78, 5) is 0. The Balaban J connectivity index is 2.16. The number of rotatable bonds is 2. The zero-order chi connectivity index (χ0) is 12.3. The van der Waals surface area contributed by atoms with E-state index in [0.29, 0.717) is 0 Å². The van der Waals surface area contributed by atoms with Crippen molar-refractivity contribution in [3.8, 4) is 0 Å². The average molecular weight is 233 g/mol. The van der Waals surface area contributed by atoms with Gasteiger partial charge in [0.15, 0.2) is 12.5 Å². The van der Waals surface area contributed by atoms with Crippen LogP contribution in [0.2, 0.25) is 0 Å². The normalized spacial score (nSPS) is 17.1. The lowest BCUT2D eigenvalue weighted by atomic mass is 9.69. The van der Waals surface area contributed by atoms with Gasteiger partial charge in [0, 0.05) is 0 Å². The van der Waals surface area contributed by atoms with Crippen molar-refractivity contribution >= 4 is 0 Å². The Labute approximate surface area is 109 Å². The molecular weight excluding hydrogens is 216 g/mol. The topological polar surface area (TPSA) is 0 Å². The Morgan fingerprint density at radius 3 is 1.78 bits per heavy atom. The van der Waals surface area contributed by atoms with Gasteiger partial charge in [-0.25, -0.2) is 0 Å². The van der Waals surface area contributed by atoms with Crippen molar-refractivity contribution in [1.82, 2.24) is 0 Å². The van der Waals surface area contributed by atoms with Crippen molar-refractivity contribution in [3.63, 3.8) is 0 Å². The second-order valence-electron chi connectivity index (χ2n) is 4.91. The minimum absolute atomic E-state index is 0.0285. The molecule has 2 aromatic carbocycles. The van der Waals surface area contributed by atoms with Gasteiger partial charge in [-0.2, -0.15) is 0 Å². The Morgan fingerprint density at radius 2 is 1.33 bits per heavy atom. The van der Waals surface area contributed by atoms with Crippen LogP contribution in [0.3, 0.4) is 0 Å². The minimum Gasteiger partial charge on any atom is -0.0622 e. The largest absolute Gasteiger partial charge is 0.219 e. The molecule has 0 amide bonds. The molecule has 0 nitrogen and oxygen atoms in total. The van der Waals surface area contributed by atoms with Gasteiger partial charge in [0.05, 0.1) is 5.41 Å². The van der Waals surface area contributed by atoms with Crippen LogP contribution in [0.25, 0.3) is 0 Å². The van der Waals surface area contributed by atoms with Crippen molar-refractivity contribution in [3.05, 3.63) is 83.9 Å². The smallest absolute Gasteiger partial charge is 0.0622 e. The lowest BCUT2D eigenvalue weighted by Gasteiger charge is -2.29. The molecule has 0 radical (unpaired) electrons. The fourth-order valence-electron chi connectivity index (χ4n) is 2.88. The lowest BCUT2D eigenvalue weighted by Crippen LogP contribution is -2.27. The molecule has 88 valence electrons. The van der Waals surface area contributed by atoms with Crippen molar-refractivity contribution in [2.45, 2.75) is 24.7 Å². The third-order valence-corrected chi connectivity index (χ3v) is 3.82. The summed E-state index contributed by atoms with van der Waals surface area (Å²) in [6.07, 6.45) is 9.19. The SMILES string of the molecule is [C+]1=CC(c2ccccc2)(c2ccccc2)CCC1. The van der Waals surface area contributed by atoms with Crippen LogP contribution in [0.4, 0.5) is 0 Å².